The van der Waals surface area contributed by atoms with E-state index in [2.05, 4.69) is 15.1 Å². The number of benzene rings is 1. The smallest absolute Gasteiger partial charge is 0.425 e. The van der Waals surface area contributed by atoms with Crippen molar-refractivity contribution in [2.45, 2.75) is 38.7 Å². The summed E-state index contributed by atoms with van der Waals surface area (Å²) in [6.45, 7) is 1.82. The average molecular weight is 554 g/mol. The minimum atomic E-state index is -4.86. The third-order valence-corrected chi connectivity index (χ3v) is 5.42. The van der Waals surface area contributed by atoms with Crippen molar-refractivity contribution in [2.75, 3.05) is 12.8 Å². The monoisotopic (exact) mass is 554 g/mol. The Morgan fingerprint density at radius 1 is 1.23 bits per heavy atom. The highest BCUT2D eigenvalue weighted by molar-refractivity contribution is 5.86. The van der Waals surface area contributed by atoms with Crippen molar-refractivity contribution >= 4 is 16.6 Å². The Morgan fingerprint density at radius 3 is 2.51 bits per heavy atom. The molecule has 4 rings (SSSR count). The number of ether oxygens (including phenoxy) is 1. The Balaban J connectivity index is 0.000000293. The van der Waals surface area contributed by atoms with Crippen LogP contribution in [-0.2, 0) is 12.7 Å². The molecule has 0 aliphatic rings. The van der Waals surface area contributed by atoms with Crippen LogP contribution in [-0.4, -0.2) is 43.1 Å². The van der Waals surface area contributed by atoms with Gasteiger partial charge in [0.2, 0.25) is 0 Å². The number of aromatic nitrogens is 5. The van der Waals surface area contributed by atoms with Gasteiger partial charge in [0.1, 0.15) is 12.0 Å². The molecule has 4 aromatic rings. The first-order valence-electron chi connectivity index (χ1n) is 11.3. The van der Waals surface area contributed by atoms with E-state index in [-0.39, 0.29) is 34.9 Å². The number of alkyl halides is 4. The zero-order valence-corrected chi connectivity index (χ0v) is 20.6. The number of pyridine rings is 1. The predicted molar refractivity (Wildman–Crippen MR) is 131 cm³/mol. The lowest BCUT2D eigenvalue weighted by atomic mass is 10.1. The molecule has 0 spiro atoms. The number of aromatic hydroxyl groups is 1. The largest absolute Gasteiger partial charge is 0.505 e. The number of nitrogen functional groups attached to an aromatic ring is 1. The van der Waals surface area contributed by atoms with Crippen LogP contribution in [0.1, 0.15) is 25.3 Å². The van der Waals surface area contributed by atoms with Crippen LogP contribution in [0.4, 0.5) is 27.8 Å². The van der Waals surface area contributed by atoms with Gasteiger partial charge in [-0.1, -0.05) is 13.3 Å². The third kappa shape index (κ3) is 6.66. The summed E-state index contributed by atoms with van der Waals surface area (Å²) in [5, 5.41) is 13.8. The van der Waals surface area contributed by atoms with Crippen molar-refractivity contribution in [3.63, 3.8) is 0 Å². The first kappa shape index (κ1) is 29.0. The molecule has 0 aliphatic carbocycles. The summed E-state index contributed by atoms with van der Waals surface area (Å²) in [6, 6.07) is 4.25. The van der Waals surface area contributed by atoms with Gasteiger partial charge in [-0.3, -0.25) is 9.59 Å². The van der Waals surface area contributed by atoms with Crippen LogP contribution < -0.4 is 21.6 Å². The van der Waals surface area contributed by atoms with E-state index in [1.54, 1.807) is 11.2 Å². The average Bonchev–Trinajstić information content (AvgIpc) is 2.85. The van der Waals surface area contributed by atoms with Crippen molar-refractivity contribution in [3.8, 4) is 22.9 Å². The number of nitrogens with zero attached hydrogens (tertiary/aromatic N) is 4. The molecule has 1 aromatic carbocycles. The second-order valence-corrected chi connectivity index (χ2v) is 8.18. The van der Waals surface area contributed by atoms with Crippen LogP contribution in [0.25, 0.3) is 22.2 Å². The molecule has 0 saturated carbocycles. The molecule has 0 amide bonds. The van der Waals surface area contributed by atoms with Gasteiger partial charge in [-0.15, -0.1) is 0 Å². The second kappa shape index (κ2) is 11.9. The minimum absolute atomic E-state index is 0.0515. The lowest BCUT2D eigenvalue weighted by molar-refractivity contribution is -0.140. The number of methoxy groups -OCH3 is 1. The molecular weight excluding hydrogens is 531 g/mol. The maximum atomic E-state index is 14.6. The molecule has 0 aliphatic heterocycles. The van der Waals surface area contributed by atoms with Gasteiger partial charge in [0.15, 0.2) is 28.7 Å². The summed E-state index contributed by atoms with van der Waals surface area (Å²) in [4.78, 5) is 31.2. The van der Waals surface area contributed by atoms with E-state index in [1.165, 1.54) is 30.1 Å². The molecule has 0 bridgehead atoms. The van der Waals surface area contributed by atoms with Gasteiger partial charge in [0.05, 0.1) is 37.0 Å². The minimum Gasteiger partial charge on any atom is -0.505 e. The SMILES string of the molecule is CCCC(F)Cn1ccc2cc(-c3ncc(OC)c(N)n3)c(F)cc2c1=O.O=c1[nH]ncc(O)c1C(F)(F)F. The number of anilines is 1. The topological polar surface area (TPSA) is 149 Å². The number of hydrogen-bond donors (Lipinski definition) is 3. The highest BCUT2D eigenvalue weighted by atomic mass is 19.4. The van der Waals surface area contributed by atoms with Gasteiger partial charge in [-0.05, 0) is 30.0 Å². The van der Waals surface area contributed by atoms with Gasteiger partial charge in [-0.2, -0.15) is 18.3 Å². The van der Waals surface area contributed by atoms with Crippen molar-refractivity contribution in [2.24, 2.45) is 0 Å². The molecule has 3 aromatic heterocycles. The molecule has 1 atom stereocenters. The van der Waals surface area contributed by atoms with Crippen LogP contribution in [0, 0.1) is 5.82 Å². The molecule has 1 unspecified atom stereocenters. The molecule has 15 heteroatoms. The highest BCUT2D eigenvalue weighted by Gasteiger charge is 2.37. The maximum Gasteiger partial charge on any atom is 0.425 e. The van der Waals surface area contributed by atoms with Gasteiger partial charge in [-0.25, -0.2) is 23.8 Å². The fourth-order valence-corrected chi connectivity index (χ4v) is 3.57. The van der Waals surface area contributed by atoms with Crippen LogP contribution >= 0.6 is 0 Å². The summed E-state index contributed by atoms with van der Waals surface area (Å²) in [6.07, 6.45) is -1.54. The van der Waals surface area contributed by atoms with Crippen molar-refractivity contribution < 1.29 is 31.8 Å². The maximum absolute atomic E-state index is 14.6. The number of nitrogens with one attached hydrogen (secondary N) is 1. The zero-order valence-electron chi connectivity index (χ0n) is 20.6. The fourth-order valence-electron chi connectivity index (χ4n) is 3.57. The summed E-state index contributed by atoms with van der Waals surface area (Å²) in [5.74, 6) is -1.37. The van der Waals surface area contributed by atoms with E-state index >= 15 is 0 Å². The van der Waals surface area contributed by atoms with E-state index in [4.69, 9.17) is 15.6 Å². The molecule has 3 heterocycles. The van der Waals surface area contributed by atoms with Crippen molar-refractivity contribution in [1.29, 1.82) is 0 Å². The zero-order chi connectivity index (χ0) is 28.9. The van der Waals surface area contributed by atoms with Crippen LogP contribution in [0.2, 0.25) is 0 Å². The molecule has 10 nitrogen and oxygen atoms in total. The number of nitrogens with two attached hydrogens (primary N) is 1. The van der Waals surface area contributed by atoms with Crippen molar-refractivity contribution in [1.82, 2.24) is 24.7 Å². The van der Waals surface area contributed by atoms with E-state index < -0.39 is 40.6 Å². The number of aromatic amines is 1. The first-order valence-corrected chi connectivity index (χ1v) is 11.3. The lowest BCUT2D eigenvalue weighted by Gasteiger charge is -2.12. The predicted octanol–water partition coefficient (Wildman–Crippen LogP) is 3.82. The van der Waals surface area contributed by atoms with Gasteiger partial charge < -0.3 is 20.1 Å². The van der Waals surface area contributed by atoms with Crippen LogP contribution in [0.5, 0.6) is 11.5 Å². The van der Waals surface area contributed by atoms with Gasteiger partial charge in [0.25, 0.3) is 11.1 Å². The molecular formula is C24H23F5N6O4. The van der Waals surface area contributed by atoms with Crippen LogP contribution in [0.3, 0.4) is 0 Å². The Bertz CT molecular complexity index is 1590. The highest BCUT2D eigenvalue weighted by Crippen LogP contribution is 2.31. The number of hydrogen-bond acceptors (Lipinski definition) is 8. The number of fused-ring (bicyclic) bond motifs is 1. The van der Waals surface area contributed by atoms with E-state index in [0.29, 0.717) is 24.4 Å². The van der Waals surface area contributed by atoms with Gasteiger partial charge in [0, 0.05) is 6.20 Å². The Morgan fingerprint density at radius 2 is 1.95 bits per heavy atom. The number of halogens is 5. The van der Waals surface area contributed by atoms with E-state index in [9.17, 15) is 31.5 Å². The Kier molecular flexibility index (Phi) is 8.83. The summed E-state index contributed by atoms with van der Waals surface area (Å²) < 4.78 is 70.5. The quantitative estimate of drug-likeness (QED) is 0.305. The molecule has 0 saturated heterocycles. The second-order valence-electron chi connectivity index (χ2n) is 8.18. The molecule has 4 N–H and O–H groups in total. The molecule has 39 heavy (non-hydrogen) atoms. The molecule has 208 valence electrons. The normalized spacial score (nSPS) is 12.1. The standard InChI is InChI=1S/C19H20F2N4O2.C5H3F3N2O2/c1-3-4-12(20)10-25-6-5-11-7-14(15(21)8-13(11)19(25)26)18-23-9-16(27-2)17(22)24-18;6-5(7,8)3-2(11)1-9-10-4(3)12/h5-9,12H,3-4,10H2,1-2H3,(H2,22,23,24);1H,(H2,10,11,12). The first-order chi connectivity index (χ1) is 18.4. The lowest BCUT2D eigenvalue weighted by Crippen LogP contribution is -2.24. The van der Waals surface area contributed by atoms with Gasteiger partial charge >= 0.3 is 6.18 Å². The summed E-state index contributed by atoms with van der Waals surface area (Å²) in [7, 11) is 1.43. The summed E-state index contributed by atoms with van der Waals surface area (Å²) in [5.41, 5.74) is 2.35. The Labute approximate surface area is 216 Å². The van der Waals surface area contributed by atoms with E-state index in [0.717, 1.165) is 6.07 Å². The van der Waals surface area contributed by atoms with Crippen molar-refractivity contribution in [3.05, 3.63) is 68.9 Å². The molecule has 0 fully saturated rings. The van der Waals surface area contributed by atoms with E-state index in [1.807, 2.05) is 6.92 Å². The number of rotatable bonds is 6. The van der Waals surface area contributed by atoms with Crippen LogP contribution in [0.15, 0.2) is 46.4 Å². The summed E-state index contributed by atoms with van der Waals surface area (Å²) >= 11 is 0. The fraction of sp³-hybridized carbons (Fsp3) is 0.292. The Hall–Kier alpha value is -4.56. The molecule has 0 radical (unpaired) electrons. The third-order valence-electron chi connectivity index (χ3n) is 5.42. The number of H-pyrrole nitrogens is 1.